The molecule has 0 saturated heterocycles. The minimum Gasteiger partial charge on any atom is -0.397 e. The van der Waals surface area contributed by atoms with E-state index in [0.29, 0.717) is 17.3 Å². The van der Waals surface area contributed by atoms with Gasteiger partial charge in [-0.15, -0.1) is 0 Å². The molecule has 1 aromatic carbocycles. The number of anilines is 2. The minimum absolute atomic E-state index is 0.0927. The van der Waals surface area contributed by atoms with Crippen molar-refractivity contribution in [2.45, 2.75) is 0 Å². The van der Waals surface area contributed by atoms with Crippen LogP contribution in [0.4, 0.5) is 11.4 Å². The summed E-state index contributed by atoms with van der Waals surface area (Å²) < 4.78 is 22.1. The quantitative estimate of drug-likeness (QED) is 0.834. The van der Waals surface area contributed by atoms with Gasteiger partial charge in [-0.25, -0.2) is 8.42 Å². The van der Waals surface area contributed by atoms with Gasteiger partial charge in [0.1, 0.15) is 9.84 Å². The van der Waals surface area contributed by atoms with Crippen LogP contribution in [0.3, 0.4) is 0 Å². The van der Waals surface area contributed by atoms with E-state index in [2.05, 4.69) is 0 Å². The number of hydrogen-bond donors (Lipinski definition) is 1. The Labute approximate surface area is 101 Å². The Morgan fingerprint density at radius 3 is 2.62 bits per heavy atom. The topological polar surface area (TPSA) is 63.4 Å². The van der Waals surface area contributed by atoms with Gasteiger partial charge in [0.2, 0.25) is 0 Å². The van der Waals surface area contributed by atoms with Gasteiger partial charge in [0.25, 0.3) is 0 Å². The molecule has 0 saturated carbocycles. The molecule has 16 heavy (non-hydrogen) atoms. The third-order valence-corrected chi connectivity index (χ3v) is 3.36. The van der Waals surface area contributed by atoms with Crippen LogP contribution in [-0.4, -0.2) is 34.0 Å². The zero-order valence-electron chi connectivity index (χ0n) is 9.27. The summed E-state index contributed by atoms with van der Waals surface area (Å²) in [4.78, 5) is 1.78. The Hall–Kier alpha value is -0.940. The number of hydrogen-bond acceptors (Lipinski definition) is 4. The highest BCUT2D eigenvalue weighted by atomic mass is 35.5. The van der Waals surface area contributed by atoms with Crippen LogP contribution in [0.2, 0.25) is 5.02 Å². The maximum Gasteiger partial charge on any atom is 0.149 e. The Morgan fingerprint density at radius 2 is 2.06 bits per heavy atom. The Bertz CT molecular complexity index is 474. The average Bonchev–Trinajstić information content (AvgIpc) is 2.17. The van der Waals surface area contributed by atoms with E-state index < -0.39 is 9.84 Å². The van der Waals surface area contributed by atoms with E-state index in [9.17, 15) is 8.42 Å². The third-order valence-electron chi connectivity index (χ3n) is 2.20. The average molecular weight is 263 g/mol. The Morgan fingerprint density at radius 1 is 1.44 bits per heavy atom. The molecule has 0 bridgehead atoms. The Kier molecular flexibility index (Phi) is 4.04. The summed E-state index contributed by atoms with van der Waals surface area (Å²) in [5.74, 6) is 0.0927. The first-order chi connectivity index (χ1) is 7.29. The first kappa shape index (κ1) is 13.1. The highest BCUT2D eigenvalue weighted by Crippen LogP contribution is 2.25. The second-order valence-electron chi connectivity index (χ2n) is 3.75. The van der Waals surface area contributed by atoms with Gasteiger partial charge < -0.3 is 10.6 Å². The second-order valence-corrected chi connectivity index (χ2v) is 6.45. The summed E-state index contributed by atoms with van der Waals surface area (Å²) in [5, 5.41) is 0.579. The molecule has 0 aliphatic rings. The number of rotatable bonds is 4. The fourth-order valence-corrected chi connectivity index (χ4v) is 2.04. The van der Waals surface area contributed by atoms with Gasteiger partial charge in [-0.1, -0.05) is 11.6 Å². The number of nitrogens with zero attached hydrogens (tertiary/aromatic N) is 1. The van der Waals surface area contributed by atoms with Crippen LogP contribution in [0.5, 0.6) is 0 Å². The predicted octanol–water partition coefficient (Wildman–Crippen LogP) is 1.40. The molecule has 0 aliphatic heterocycles. The van der Waals surface area contributed by atoms with E-state index in [-0.39, 0.29) is 5.75 Å². The van der Waals surface area contributed by atoms with Crippen LogP contribution in [0.15, 0.2) is 18.2 Å². The molecule has 0 heterocycles. The third kappa shape index (κ3) is 3.90. The van der Waals surface area contributed by atoms with Gasteiger partial charge in [0.05, 0.1) is 17.1 Å². The fourth-order valence-electron chi connectivity index (χ4n) is 1.27. The van der Waals surface area contributed by atoms with Crippen molar-refractivity contribution in [2.75, 3.05) is 36.2 Å². The SMILES string of the molecule is CN(CCS(C)(=O)=O)c1cc(Cl)ccc1N. The van der Waals surface area contributed by atoms with Crippen LogP contribution in [0, 0.1) is 0 Å². The van der Waals surface area contributed by atoms with Gasteiger partial charge in [-0.2, -0.15) is 0 Å². The van der Waals surface area contributed by atoms with Crippen molar-refractivity contribution in [1.29, 1.82) is 0 Å². The van der Waals surface area contributed by atoms with Gasteiger partial charge in [-0.05, 0) is 18.2 Å². The molecular formula is C10H15ClN2O2S. The maximum atomic E-state index is 11.0. The molecule has 0 fully saturated rings. The van der Waals surface area contributed by atoms with Gasteiger partial charge in [0.15, 0.2) is 0 Å². The number of sulfone groups is 1. The van der Waals surface area contributed by atoms with Gasteiger partial charge in [0, 0.05) is 24.9 Å². The molecule has 0 unspecified atom stereocenters. The van der Waals surface area contributed by atoms with Crippen LogP contribution in [-0.2, 0) is 9.84 Å². The molecule has 90 valence electrons. The molecular weight excluding hydrogens is 248 g/mol. The summed E-state index contributed by atoms with van der Waals surface area (Å²) in [5.41, 5.74) is 7.11. The minimum atomic E-state index is -2.97. The van der Waals surface area contributed by atoms with Crippen molar-refractivity contribution < 1.29 is 8.42 Å². The van der Waals surface area contributed by atoms with E-state index in [4.69, 9.17) is 17.3 Å². The van der Waals surface area contributed by atoms with Crippen molar-refractivity contribution >= 4 is 32.8 Å². The lowest BCUT2D eigenvalue weighted by Gasteiger charge is -2.20. The van der Waals surface area contributed by atoms with Crippen molar-refractivity contribution in [3.05, 3.63) is 23.2 Å². The van der Waals surface area contributed by atoms with Crippen LogP contribution >= 0.6 is 11.6 Å². The summed E-state index contributed by atoms with van der Waals surface area (Å²) in [6.07, 6.45) is 1.21. The molecule has 6 heteroatoms. The summed E-state index contributed by atoms with van der Waals surface area (Å²) in [6, 6.07) is 5.12. The second kappa shape index (κ2) is 4.93. The summed E-state index contributed by atoms with van der Waals surface area (Å²) in [6.45, 7) is 0.392. The van der Waals surface area contributed by atoms with Crippen LogP contribution < -0.4 is 10.6 Å². The van der Waals surface area contributed by atoms with Crippen molar-refractivity contribution in [3.63, 3.8) is 0 Å². The zero-order valence-corrected chi connectivity index (χ0v) is 10.8. The van der Waals surface area contributed by atoms with E-state index in [1.54, 1.807) is 30.1 Å². The van der Waals surface area contributed by atoms with Crippen LogP contribution in [0.1, 0.15) is 0 Å². The van der Waals surface area contributed by atoms with Crippen molar-refractivity contribution in [2.24, 2.45) is 0 Å². The normalized spacial score (nSPS) is 11.4. The molecule has 4 nitrogen and oxygen atoms in total. The number of nitrogen functional groups attached to an aromatic ring is 1. The molecule has 0 spiro atoms. The number of halogens is 1. The van der Waals surface area contributed by atoms with Gasteiger partial charge >= 0.3 is 0 Å². The van der Waals surface area contributed by atoms with Gasteiger partial charge in [-0.3, -0.25) is 0 Å². The van der Waals surface area contributed by atoms with E-state index in [0.717, 1.165) is 5.69 Å². The molecule has 0 amide bonds. The largest absolute Gasteiger partial charge is 0.397 e. The van der Waals surface area contributed by atoms with Crippen LogP contribution in [0.25, 0.3) is 0 Å². The van der Waals surface area contributed by atoms with E-state index >= 15 is 0 Å². The molecule has 1 rings (SSSR count). The monoisotopic (exact) mass is 262 g/mol. The lowest BCUT2D eigenvalue weighted by molar-refractivity contribution is 0.601. The number of benzene rings is 1. The first-order valence-electron chi connectivity index (χ1n) is 4.73. The lowest BCUT2D eigenvalue weighted by atomic mass is 10.2. The molecule has 0 radical (unpaired) electrons. The predicted molar refractivity (Wildman–Crippen MR) is 68.8 cm³/mol. The molecule has 0 aliphatic carbocycles. The maximum absolute atomic E-state index is 11.0. The highest BCUT2D eigenvalue weighted by molar-refractivity contribution is 7.90. The molecule has 0 aromatic heterocycles. The summed E-state index contributed by atoms with van der Waals surface area (Å²) >= 11 is 5.85. The van der Waals surface area contributed by atoms with Crippen molar-refractivity contribution in [1.82, 2.24) is 0 Å². The van der Waals surface area contributed by atoms with E-state index in [1.807, 2.05) is 0 Å². The standard InChI is InChI=1S/C10H15ClN2O2S/c1-13(5-6-16(2,14)15)10-7-8(11)3-4-9(10)12/h3-4,7H,5-6,12H2,1-2H3. The highest BCUT2D eigenvalue weighted by Gasteiger charge is 2.09. The van der Waals surface area contributed by atoms with E-state index in [1.165, 1.54) is 6.26 Å². The zero-order chi connectivity index (χ0) is 12.3. The van der Waals surface area contributed by atoms with Crippen molar-refractivity contribution in [3.8, 4) is 0 Å². The molecule has 0 atom stereocenters. The lowest BCUT2D eigenvalue weighted by Crippen LogP contribution is -2.25. The fraction of sp³-hybridized carbons (Fsp3) is 0.400. The number of nitrogens with two attached hydrogens (primary N) is 1. The summed E-state index contributed by atoms with van der Waals surface area (Å²) in [7, 11) is -1.18. The molecule has 2 N–H and O–H groups in total. The molecule has 1 aromatic rings. The smallest absolute Gasteiger partial charge is 0.149 e. The first-order valence-corrected chi connectivity index (χ1v) is 7.17. The Balaban J connectivity index is 2.80.